The van der Waals surface area contributed by atoms with E-state index in [4.69, 9.17) is 9.47 Å². The van der Waals surface area contributed by atoms with Crippen LogP contribution in [-0.2, 0) is 11.3 Å². The van der Waals surface area contributed by atoms with E-state index in [1.807, 2.05) is 0 Å². The third-order valence-electron chi connectivity index (χ3n) is 6.69. The zero-order chi connectivity index (χ0) is 26.5. The summed E-state index contributed by atoms with van der Waals surface area (Å²) in [5.74, 6) is -7.71. The summed E-state index contributed by atoms with van der Waals surface area (Å²) >= 11 is 0. The van der Waals surface area contributed by atoms with Gasteiger partial charge in [-0.15, -0.1) is 0 Å². The van der Waals surface area contributed by atoms with Crippen molar-refractivity contribution in [2.24, 2.45) is 5.92 Å². The molecular weight excluding hydrogens is 494 g/mol. The first-order valence-corrected chi connectivity index (χ1v) is 12.4. The van der Waals surface area contributed by atoms with Crippen LogP contribution in [0.2, 0.25) is 0 Å². The standard InChI is InChI=1S/C29H28F6O2/c1-2-3-4-5-17-6-9-27(36-15-17)19-7-8-21(22(30)12-19)20-13-25(33)29(26(34)14-20)37-16-18-10-23(31)28(35)24(32)11-18/h7-8,10-14,17,27H,2-6,9,15-16H2,1H3. The summed E-state index contributed by atoms with van der Waals surface area (Å²) in [7, 11) is 0. The van der Waals surface area contributed by atoms with E-state index < -0.39 is 47.3 Å². The predicted molar refractivity (Wildman–Crippen MR) is 128 cm³/mol. The molecule has 198 valence electrons. The Kier molecular flexibility index (Phi) is 8.79. The Morgan fingerprint density at radius 3 is 2.11 bits per heavy atom. The molecule has 37 heavy (non-hydrogen) atoms. The van der Waals surface area contributed by atoms with Crippen LogP contribution in [0.3, 0.4) is 0 Å². The molecule has 2 unspecified atom stereocenters. The smallest absolute Gasteiger partial charge is 0.194 e. The van der Waals surface area contributed by atoms with E-state index in [9.17, 15) is 26.3 Å². The van der Waals surface area contributed by atoms with Crippen LogP contribution in [0.1, 0.15) is 62.7 Å². The van der Waals surface area contributed by atoms with Crippen LogP contribution in [0.15, 0.2) is 42.5 Å². The second-order valence-corrected chi connectivity index (χ2v) is 9.43. The Bertz CT molecular complexity index is 1190. The van der Waals surface area contributed by atoms with Gasteiger partial charge in [0.2, 0.25) is 0 Å². The van der Waals surface area contributed by atoms with Crippen LogP contribution in [0.5, 0.6) is 5.75 Å². The fourth-order valence-electron chi connectivity index (χ4n) is 4.65. The lowest BCUT2D eigenvalue weighted by molar-refractivity contribution is -0.0200. The monoisotopic (exact) mass is 522 g/mol. The molecule has 1 aliphatic heterocycles. The van der Waals surface area contributed by atoms with Crippen LogP contribution in [0, 0.1) is 40.8 Å². The Morgan fingerprint density at radius 2 is 1.51 bits per heavy atom. The molecule has 2 nitrogen and oxygen atoms in total. The summed E-state index contributed by atoms with van der Waals surface area (Å²) in [6, 6.07) is 7.65. The third-order valence-corrected chi connectivity index (χ3v) is 6.69. The van der Waals surface area contributed by atoms with Crippen LogP contribution < -0.4 is 4.74 Å². The maximum atomic E-state index is 15.0. The second-order valence-electron chi connectivity index (χ2n) is 9.43. The first kappa shape index (κ1) is 27.0. The Balaban J connectivity index is 1.44. The first-order chi connectivity index (χ1) is 17.8. The molecule has 1 fully saturated rings. The number of ether oxygens (including phenoxy) is 2. The Morgan fingerprint density at radius 1 is 0.811 bits per heavy atom. The normalized spacial score (nSPS) is 17.7. The molecule has 8 heteroatoms. The average Bonchev–Trinajstić information content (AvgIpc) is 2.87. The van der Waals surface area contributed by atoms with Gasteiger partial charge in [0.15, 0.2) is 34.8 Å². The van der Waals surface area contributed by atoms with Gasteiger partial charge in [0.1, 0.15) is 12.4 Å². The molecule has 0 bridgehead atoms. The summed E-state index contributed by atoms with van der Waals surface area (Å²) in [6.45, 7) is 2.19. The number of hydrogen-bond donors (Lipinski definition) is 0. The molecular formula is C29H28F6O2. The van der Waals surface area contributed by atoms with Crippen LogP contribution in [-0.4, -0.2) is 6.61 Å². The van der Waals surface area contributed by atoms with Gasteiger partial charge >= 0.3 is 0 Å². The Hall–Kier alpha value is -3.00. The quantitative estimate of drug-likeness (QED) is 0.159. The van der Waals surface area contributed by atoms with Crippen molar-refractivity contribution in [2.75, 3.05) is 6.61 Å². The van der Waals surface area contributed by atoms with Crippen molar-refractivity contribution in [1.29, 1.82) is 0 Å². The highest BCUT2D eigenvalue weighted by molar-refractivity contribution is 5.66. The van der Waals surface area contributed by atoms with Crippen molar-refractivity contribution in [3.05, 3.63) is 88.5 Å². The van der Waals surface area contributed by atoms with Crippen molar-refractivity contribution in [1.82, 2.24) is 0 Å². The van der Waals surface area contributed by atoms with Gasteiger partial charge in [-0.3, -0.25) is 0 Å². The number of rotatable bonds is 9. The largest absolute Gasteiger partial charge is 0.483 e. The predicted octanol–water partition coefficient (Wildman–Crippen LogP) is 8.82. The molecule has 0 spiro atoms. The van der Waals surface area contributed by atoms with Gasteiger partial charge in [-0.05, 0) is 72.2 Å². The van der Waals surface area contributed by atoms with Gasteiger partial charge < -0.3 is 9.47 Å². The summed E-state index contributed by atoms with van der Waals surface area (Å²) < 4.78 is 95.1. The number of unbranched alkanes of at least 4 members (excludes halogenated alkanes) is 2. The van der Waals surface area contributed by atoms with Gasteiger partial charge in [0.25, 0.3) is 0 Å². The minimum absolute atomic E-state index is 0.00373. The lowest BCUT2D eigenvalue weighted by Gasteiger charge is -2.29. The van der Waals surface area contributed by atoms with E-state index in [2.05, 4.69) is 6.92 Å². The molecule has 4 rings (SSSR count). The van der Waals surface area contributed by atoms with Crippen molar-refractivity contribution in [2.45, 2.75) is 58.2 Å². The fourth-order valence-corrected chi connectivity index (χ4v) is 4.65. The van der Waals surface area contributed by atoms with Crippen molar-refractivity contribution >= 4 is 0 Å². The van der Waals surface area contributed by atoms with E-state index in [0.717, 1.165) is 31.4 Å². The molecule has 1 heterocycles. The molecule has 0 radical (unpaired) electrons. The minimum atomic E-state index is -1.65. The zero-order valence-electron chi connectivity index (χ0n) is 20.4. The lowest BCUT2D eigenvalue weighted by atomic mass is 9.90. The van der Waals surface area contributed by atoms with Crippen molar-refractivity contribution in [3.8, 4) is 16.9 Å². The third kappa shape index (κ3) is 6.47. The van der Waals surface area contributed by atoms with Crippen LogP contribution in [0.4, 0.5) is 26.3 Å². The molecule has 0 N–H and O–H groups in total. The van der Waals surface area contributed by atoms with Crippen LogP contribution >= 0.6 is 0 Å². The first-order valence-electron chi connectivity index (χ1n) is 12.4. The SMILES string of the molecule is CCCCCC1CCC(c2ccc(-c3cc(F)c(OCc4cc(F)c(F)c(F)c4)c(F)c3)c(F)c2)OC1. The number of hydrogen-bond acceptors (Lipinski definition) is 2. The maximum Gasteiger partial charge on any atom is 0.194 e. The summed E-state index contributed by atoms with van der Waals surface area (Å²) in [5, 5.41) is 0. The summed E-state index contributed by atoms with van der Waals surface area (Å²) in [5.41, 5.74) is 0.487. The highest BCUT2D eigenvalue weighted by atomic mass is 19.2. The molecule has 0 saturated carbocycles. The van der Waals surface area contributed by atoms with E-state index >= 15 is 0 Å². The van der Waals surface area contributed by atoms with Gasteiger partial charge in [-0.25, -0.2) is 26.3 Å². The van der Waals surface area contributed by atoms with Gasteiger partial charge in [0, 0.05) is 5.56 Å². The van der Waals surface area contributed by atoms with Gasteiger partial charge in [-0.2, -0.15) is 0 Å². The molecule has 0 aliphatic carbocycles. The maximum absolute atomic E-state index is 15.0. The highest BCUT2D eigenvalue weighted by Gasteiger charge is 2.24. The van der Waals surface area contributed by atoms with E-state index in [1.54, 1.807) is 6.07 Å². The van der Waals surface area contributed by atoms with Gasteiger partial charge in [-0.1, -0.05) is 38.3 Å². The topological polar surface area (TPSA) is 18.5 Å². The van der Waals surface area contributed by atoms with Crippen molar-refractivity contribution in [3.63, 3.8) is 0 Å². The summed E-state index contributed by atoms with van der Waals surface area (Å²) in [6.07, 6.45) is 6.25. The van der Waals surface area contributed by atoms with Crippen molar-refractivity contribution < 1.29 is 35.8 Å². The molecule has 2 atom stereocenters. The minimum Gasteiger partial charge on any atom is -0.483 e. The Labute approximate surface area is 212 Å². The average molecular weight is 523 g/mol. The molecule has 0 amide bonds. The molecule has 1 saturated heterocycles. The lowest BCUT2D eigenvalue weighted by Crippen LogP contribution is -2.20. The number of halogens is 6. The highest BCUT2D eigenvalue weighted by Crippen LogP contribution is 2.36. The number of benzene rings is 3. The molecule has 3 aromatic carbocycles. The van der Waals surface area contributed by atoms with Crippen LogP contribution in [0.25, 0.3) is 11.1 Å². The van der Waals surface area contributed by atoms with E-state index in [-0.39, 0.29) is 22.8 Å². The molecule has 0 aromatic heterocycles. The van der Waals surface area contributed by atoms with E-state index in [0.29, 0.717) is 30.2 Å². The zero-order valence-corrected chi connectivity index (χ0v) is 20.4. The fraction of sp³-hybridized carbons (Fsp3) is 0.379. The molecule has 3 aromatic rings. The summed E-state index contributed by atoms with van der Waals surface area (Å²) in [4.78, 5) is 0. The van der Waals surface area contributed by atoms with Gasteiger partial charge in [0.05, 0.1) is 12.7 Å². The second kappa shape index (κ2) is 12.0. The molecule has 1 aliphatic rings. The van der Waals surface area contributed by atoms with E-state index in [1.165, 1.54) is 31.4 Å².